The minimum atomic E-state index is -0.200. The van der Waals surface area contributed by atoms with Crippen LogP contribution in [0.15, 0.2) is 54.7 Å². The van der Waals surface area contributed by atoms with Gasteiger partial charge in [0.25, 0.3) is 11.8 Å². The van der Waals surface area contributed by atoms with Gasteiger partial charge in [0.2, 0.25) is 0 Å². The topological polar surface area (TPSA) is 71.5 Å². The van der Waals surface area contributed by atoms with Gasteiger partial charge in [0.15, 0.2) is 0 Å². The van der Waals surface area contributed by atoms with Gasteiger partial charge in [-0.15, -0.1) is 0 Å². The second-order valence-corrected chi connectivity index (χ2v) is 7.25. The Morgan fingerprint density at radius 2 is 1.79 bits per heavy atom. The number of ether oxygens (including phenoxy) is 1. The zero-order valence-corrected chi connectivity index (χ0v) is 16.5. The Morgan fingerprint density at radius 1 is 1.07 bits per heavy atom. The first-order valence-corrected chi connectivity index (χ1v) is 9.73. The monoisotopic (exact) mass is 395 g/mol. The number of carbonyl (C=O) groups excluding carboxylic acids is 2. The van der Waals surface area contributed by atoms with Gasteiger partial charge in [0, 0.05) is 30.2 Å². The quantitative estimate of drug-likeness (QED) is 0.610. The number of anilines is 1. The van der Waals surface area contributed by atoms with Gasteiger partial charge < -0.3 is 10.1 Å². The number of hydrogen-bond donors (Lipinski definition) is 1. The first kappa shape index (κ1) is 18.9. The molecular formula is C23H23N3O3. The number of benzene rings is 2. The average molecular weight is 395 g/mol. The van der Waals surface area contributed by atoms with Crippen LogP contribution in [-0.2, 0) is 0 Å². The summed E-state index contributed by atoms with van der Waals surface area (Å²) in [4.78, 5) is 30.7. The van der Waals surface area contributed by atoms with Crippen molar-refractivity contribution in [3.05, 3.63) is 65.9 Å². The fourth-order valence-electron chi connectivity index (χ4n) is 3.73. The third-order valence-electron chi connectivity index (χ3n) is 5.21. The SMILES string of the molecule is CO[13c]1[13cH][13c](NC(C)CCCN2C(=O)c3ccccc3C2=O)[13c]2nccc[13c]2[13cH]1. The van der Waals surface area contributed by atoms with Crippen LogP contribution in [0.5, 0.6) is 5.75 Å². The lowest BCUT2D eigenvalue weighted by atomic mass is 10.1. The van der Waals surface area contributed by atoms with Crippen molar-refractivity contribution in [2.24, 2.45) is 0 Å². The molecule has 2 aromatic carbocycles. The average Bonchev–Trinajstić information content (AvgIpc) is 2.98. The number of hydrogen-bond acceptors (Lipinski definition) is 5. The van der Waals surface area contributed by atoms with E-state index in [0.29, 0.717) is 17.7 Å². The summed E-state index contributed by atoms with van der Waals surface area (Å²) in [5, 5.41) is 4.50. The van der Waals surface area contributed by atoms with E-state index in [1.807, 2.05) is 24.3 Å². The molecule has 1 unspecified atom stereocenters. The molecule has 6 heteroatoms. The number of fused-ring (bicyclic) bond motifs is 2. The molecule has 0 radical (unpaired) electrons. The van der Waals surface area contributed by atoms with Gasteiger partial charge in [0.1, 0.15) is 5.75 Å². The molecule has 3 aromatic rings. The highest BCUT2D eigenvalue weighted by Crippen LogP contribution is 2.29. The van der Waals surface area contributed by atoms with E-state index in [9.17, 15) is 9.59 Å². The van der Waals surface area contributed by atoms with Gasteiger partial charge >= 0.3 is 0 Å². The largest absolute Gasteiger partial charge is 0.497 e. The molecule has 1 atom stereocenters. The summed E-state index contributed by atoms with van der Waals surface area (Å²) in [6, 6.07) is 14.9. The number of amides is 2. The van der Waals surface area contributed by atoms with Crippen molar-refractivity contribution in [1.82, 2.24) is 9.88 Å². The molecule has 148 valence electrons. The van der Waals surface area contributed by atoms with E-state index in [1.54, 1.807) is 37.6 Å². The Morgan fingerprint density at radius 3 is 2.48 bits per heavy atom. The molecule has 1 aromatic heterocycles. The van der Waals surface area contributed by atoms with E-state index in [4.69, 9.17) is 4.74 Å². The Bertz CT molecular complexity index is 1040. The van der Waals surface area contributed by atoms with E-state index in [1.165, 1.54) is 4.90 Å². The summed E-state index contributed by atoms with van der Waals surface area (Å²) in [7, 11) is 1.65. The molecule has 0 spiro atoms. The molecule has 0 saturated heterocycles. The minimum Gasteiger partial charge on any atom is -0.497 e. The molecule has 29 heavy (non-hydrogen) atoms. The number of rotatable bonds is 7. The Hall–Kier alpha value is -3.41. The van der Waals surface area contributed by atoms with Gasteiger partial charge in [-0.25, -0.2) is 0 Å². The highest BCUT2D eigenvalue weighted by atomic mass is 16.5. The Balaban J connectivity index is 1.39. The highest BCUT2D eigenvalue weighted by molar-refractivity contribution is 6.21. The molecule has 2 heterocycles. The first-order valence-electron chi connectivity index (χ1n) is 9.73. The number of nitrogens with zero attached hydrogens (tertiary/aromatic N) is 2. The van der Waals surface area contributed by atoms with Crippen LogP contribution in [0.3, 0.4) is 0 Å². The standard InChI is InChI=1S/C23H23N3O3/c1-15(25-20-14-17(29-2)13-16-8-5-11-24-21(16)20)7-6-12-26-22(27)18-9-3-4-10-19(18)23(26)28/h3-5,8-11,13-15,25H,6-7,12H2,1-2H3/i13+1,14+1,16+1,17+1,20+1,21+1. The molecule has 0 fully saturated rings. The normalized spacial score (nSPS) is 14.2. The zero-order chi connectivity index (χ0) is 20.4. The molecule has 2 amide bonds. The van der Waals surface area contributed by atoms with Gasteiger partial charge in [-0.1, -0.05) is 18.2 Å². The lowest BCUT2D eigenvalue weighted by Gasteiger charge is -2.19. The number of aromatic nitrogens is 1. The van der Waals surface area contributed by atoms with Crippen molar-refractivity contribution in [3.8, 4) is 5.75 Å². The molecule has 1 aliphatic heterocycles. The Kier molecular flexibility index (Phi) is 5.16. The summed E-state index contributed by atoms with van der Waals surface area (Å²) in [5.74, 6) is 0.370. The van der Waals surface area contributed by atoms with Crippen LogP contribution in [-0.4, -0.2) is 41.4 Å². The molecule has 0 aliphatic carbocycles. The van der Waals surface area contributed by atoms with E-state index in [2.05, 4.69) is 17.2 Å². The predicted molar refractivity (Wildman–Crippen MR) is 112 cm³/mol. The molecule has 0 bridgehead atoms. The smallest absolute Gasteiger partial charge is 0.261 e. The second kappa shape index (κ2) is 7.91. The van der Waals surface area contributed by atoms with Gasteiger partial charge in [0.05, 0.1) is 29.4 Å². The van der Waals surface area contributed by atoms with Crippen LogP contribution in [0.1, 0.15) is 40.5 Å². The maximum Gasteiger partial charge on any atom is 0.261 e. The van der Waals surface area contributed by atoms with Crippen molar-refractivity contribution in [3.63, 3.8) is 0 Å². The van der Waals surface area contributed by atoms with Crippen LogP contribution in [0.2, 0.25) is 0 Å². The zero-order valence-electron chi connectivity index (χ0n) is 16.5. The molecule has 4 rings (SSSR count). The van der Waals surface area contributed by atoms with E-state index in [0.717, 1.165) is 35.2 Å². The molecular weight excluding hydrogens is 372 g/mol. The maximum atomic E-state index is 12.5. The summed E-state index contributed by atoms with van der Waals surface area (Å²) in [5.41, 5.74) is 2.80. The molecule has 6 nitrogen and oxygen atoms in total. The number of pyridine rings is 1. The number of methoxy groups -OCH3 is 1. The van der Waals surface area contributed by atoms with Crippen molar-refractivity contribution in [2.45, 2.75) is 25.8 Å². The fourth-order valence-corrected chi connectivity index (χ4v) is 3.73. The number of nitrogens with one attached hydrogen (secondary N) is 1. The highest BCUT2D eigenvalue weighted by Gasteiger charge is 2.34. The first-order chi connectivity index (χ1) is 14.1. The summed E-state index contributed by atoms with van der Waals surface area (Å²) >= 11 is 0. The van der Waals surface area contributed by atoms with Crippen molar-refractivity contribution >= 4 is 28.4 Å². The number of carbonyl (C=O) groups is 2. The summed E-state index contributed by atoms with van der Waals surface area (Å²) in [6.45, 7) is 2.49. The van der Waals surface area contributed by atoms with E-state index in [-0.39, 0.29) is 17.9 Å². The van der Waals surface area contributed by atoms with Crippen LogP contribution < -0.4 is 10.1 Å². The second-order valence-electron chi connectivity index (χ2n) is 7.25. The minimum absolute atomic E-state index is 0.141. The van der Waals surface area contributed by atoms with Crippen LogP contribution in [0.25, 0.3) is 10.9 Å². The van der Waals surface area contributed by atoms with Gasteiger partial charge in [-0.3, -0.25) is 19.5 Å². The van der Waals surface area contributed by atoms with Crippen molar-refractivity contribution in [2.75, 3.05) is 19.0 Å². The van der Waals surface area contributed by atoms with Crippen molar-refractivity contribution in [1.29, 1.82) is 0 Å². The molecule has 0 saturated carbocycles. The molecule has 1 N–H and O–H groups in total. The van der Waals surface area contributed by atoms with Crippen LogP contribution in [0, 0.1) is 0 Å². The predicted octanol–water partition coefficient (Wildman–Crippen LogP) is 4.12. The molecule has 1 aliphatic rings. The van der Waals surface area contributed by atoms with Crippen LogP contribution in [0.4, 0.5) is 5.69 Å². The summed E-state index contributed by atoms with van der Waals surface area (Å²) < 4.78 is 5.40. The van der Waals surface area contributed by atoms with E-state index >= 15 is 0 Å². The van der Waals surface area contributed by atoms with E-state index < -0.39 is 0 Å². The third-order valence-corrected chi connectivity index (χ3v) is 5.21. The van der Waals surface area contributed by atoms with Gasteiger partial charge in [-0.2, -0.15) is 0 Å². The van der Waals surface area contributed by atoms with Crippen LogP contribution >= 0.6 is 0 Å². The van der Waals surface area contributed by atoms with Crippen molar-refractivity contribution < 1.29 is 14.3 Å². The Labute approximate surface area is 169 Å². The van der Waals surface area contributed by atoms with Gasteiger partial charge in [-0.05, 0) is 44.0 Å². The lowest BCUT2D eigenvalue weighted by molar-refractivity contribution is 0.0651. The third kappa shape index (κ3) is 3.66. The fraction of sp³-hybridized carbons (Fsp3) is 0.261. The lowest BCUT2D eigenvalue weighted by Crippen LogP contribution is -2.31. The number of imide groups is 1. The maximum absolute atomic E-state index is 12.5. The summed E-state index contributed by atoms with van der Waals surface area (Å²) in [6.07, 6.45) is 3.29.